The molecule has 3 aromatic rings. The first-order chi connectivity index (χ1) is 12.9. The van der Waals surface area contributed by atoms with E-state index in [9.17, 15) is 14.4 Å². The van der Waals surface area contributed by atoms with E-state index in [1.165, 1.54) is 32.9 Å². The molecule has 0 saturated carbocycles. The first-order valence-corrected chi connectivity index (χ1v) is 8.89. The third kappa shape index (κ3) is 3.35. The lowest BCUT2D eigenvalue weighted by atomic mass is 10.1. The minimum atomic E-state index is -0.461. The van der Waals surface area contributed by atoms with Crippen molar-refractivity contribution in [2.45, 2.75) is 5.16 Å². The number of fused-ring (bicyclic) bond motifs is 1. The summed E-state index contributed by atoms with van der Waals surface area (Å²) in [5.74, 6) is 0.971. The van der Waals surface area contributed by atoms with Crippen molar-refractivity contribution in [1.29, 1.82) is 0 Å². The van der Waals surface area contributed by atoms with Crippen LogP contribution in [-0.4, -0.2) is 44.9 Å². The SMILES string of the molecule is COc1ccc(C(=O)CSc2nc3c([nH]2)c(=O)n(C)c(=O)n3C)cc1OC. The number of thioether (sulfide) groups is 1. The highest BCUT2D eigenvalue weighted by atomic mass is 32.2. The summed E-state index contributed by atoms with van der Waals surface area (Å²) in [4.78, 5) is 43.8. The molecule has 0 atom stereocenters. The van der Waals surface area contributed by atoms with Crippen molar-refractivity contribution in [3.63, 3.8) is 0 Å². The Bertz CT molecular complexity index is 1140. The van der Waals surface area contributed by atoms with Gasteiger partial charge in [-0.05, 0) is 18.2 Å². The zero-order chi connectivity index (χ0) is 19.7. The van der Waals surface area contributed by atoms with E-state index in [1.807, 2.05) is 0 Å². The van der Waals surface area contributed by atoms with E-state index in [-0.39, 0.29) is 22.7 Å². The Morgan fingerprint density at radius 2 is 1.85 bits per heavy atom. The number of Topliss-reactive ketones (excluding diaryl/α,β-unsaturated/α-hetero) is 1. The Balaban J connectivity index is 1.84. The number of imidazole rings is 1. The zero-order valence-electron chi connectivity index (χ0n) is 15.2. The van der Waals surface area contributed by atoms with E-state index >= 15 is 0 Å². The maximum Gasteiger partial charge on any atom is 0.332 e. The summed E-state index contributed by atoms with van der Waals surface area (Å²) in [6, 6.07) is 4.93. The largest absolute Gasteiger partial charge is 0.493 e. The number of ketones is 1. The lowest BCUT2D eigenvalue weighted by Crippen LogP contribution is -2.36. The molecule has 3 rings (SSSR count). The van der Waals surface area contributed by atoms with E-state index in [0.717, 1.165) is 16.3 Å². The number of hydrogen-bond donors (Lipinski definition) is 1. The molecule has 27 heavy (non-hydrogen) atoms. The van der Waals surface area contributed by atoms with E-state index in [0.29, 0.717) is 22.2 Å². The molecule has 2 heterocycles. The van der Waals surface area contributed by atoms with Gasteiger partial charge in [0.1, 0.15) is 0 Å². The summed E-state index contributed by atoms with van der Waals surface area (Å²) >= 11 is 1.15. The van der Waals surface area contributed by atoms with Crippen LogP contribution in [0.25, 0.3) is 11.2 Å². The third-order valence-electron chi connectivity index (χ3n) is 4.12. The van der Waals surface area contributed by atoms with Gasteiger partial charge in [0, 0.05) is 19.7 Å². The van der Waals surface area contributed by atoms with Crippen molar-refractivity contribution in [3.8, 4) is 11.5 Å². The number of H-pyrrole nitrogens is 1. The number of aromatic amines is 1. The Morgan fingerprint density at radius 1 is 1.15 bits per heavy atom. The number of methoxy groups -OCH3 is 2. The summed E-state index contributed by atoms with van der Waals surface area (Å²) in [5.41, 5.74) is 0.0278. The van der Waals surface area contributed by atoms with Gasteiger partial charge in [-0.2, -0.15) is 0 Å². The van der Waals surface area contributed by atoms with Gasteiger partial charge in [-0.25, -0.2) is 9.78 Å². The highest BCUT2D eigenvalue weighted by molar-refractivity contribution is 7.99. The lowest BCUT2D eigenvalue weighted by molar-refractivity contribution is 0.102. The van der Waals surface area contributed by atoms with Gasteiger partial charge in [-0.3, -0.25) is 18.7 Å². The van der Waals surface area contributed by atoms with Crippen LogP contribution in [0.4, 0.5) is 0 Å². The molecule has 0 aliphatic carbocycles. The summed E-state index contributed by atoms with van der Waals surface area (Å²) in [6.07, 6.45) is 0. The average Bonchev–Trinajstić information content (AvgIpc) is 3.12. The second-order valence-electron chi connectivity index (χ2n) is 5.73. The van der Waals surface area contributed by atoms with Gasteiger partial charge in [0.2, 0.25) is 0 Å². The number of aryl methyl sites for hydroxylation is 1. The first-order valence-electron chi connectivity index (χ1n) is 7.91. The monoisotopic (exact) mass is 390 g/mol. The smallest absolute Gasteiger partial charge is 0.332 e. The van der Waals surface area contributed by atoms with Gasteiger partial charge in [-0.15, -0.1) is 0 Å². The predicted molar refractivity (Wildman–Crippen MR) is 101 cm³/mol. The van der Waals surface area contributed by atoms with Crippen LogP contribution in [0.3, 0.4) is 0 Å². The number of hydrogen-bond acceptors (Lipinski definition) is 7. The fraction of sp³-hybridized carbons (Fsp3) is 0.294. The topological polar surface area (TPSA) is 108 Å². The molecule has 0 aliphatic rings. The minimum Gasteiger partial charge on any atom is -0.493 e. The molecular formula is C17H18N4O5S. The number of nitrogens with zero attached hydrogens (tertiary/aromatic N) is 3. The molecule has 1 N–H and O–H groups in total. The molecule has 0 saturated heterocycles. The van der Waals surface area contributed by atoms with E-state index in [4.69, 9.17) is 9.47 Å². The number of ether oxygens (including phenoxy) is 2. The molecule has 0 unspecified atom stereocenters. The van der Waals surface area contributed by atoms with Crippen LogP contribution < -0.4 is 20.7 Å². The van der Waals surface area contributed by atoms with Crippen LogP contribution in [-0.2, 0) is 14.1 Å². The molecule has 142 valence electrons. The molecule has 0 spiro atoms. The molecule has 0 radical (unpaired) electrons. The van der Waals surface area contributed by atoms with E-state index in [1.54, 1.807) is 18.2 Å². The number of rotatable bonds is 6. The molecule has 1 aromatic carbocycles. The molecule has 0 bridgehead atoms. The summed E-state index contributed by atoms with van der Waals surface area (Å²) < 4.78 is 12.7. The number of benzene rings is 1. The van der Waals surface area contributed by atoms with Crippen LogP contribution in [0.2, 0.25) is 0 Å². The molecule has 2 aromatic heterocycles. The van der Waals surface area contributed by atoms with Crippen LogP contribution in [0.5, 0.6) is 11.5 Å². The highest BCUT2D eigenvalue weighted by Gasteiger charge is 2.16. The van der Waals surface area contributed by atoms with Crippen molar-refractivity contribution in [2.75, 3.05) is 20.0 Å². The van der Waals surface area contributed by atoms with Crippen molar-refractivity contribution in [1.82, 2.24) is 19.1 Å². The van der Waals surface area contributed by atoms with Crippen molar-refractivity contribution in [3.05, 3.63) is 44.6 Å². The summed E-state index contributed by atoms with van der Waals surface area (Å²) in [5, 5.41) is 0.386. The molecule has 0 aliphatic heterocycles. The first kappa shape index (κ1) is 18.8. The van der Waals surface area contributed by atoms with Crippen LogP contribution in [0.1, 0.15) is 10.4 Å². The molecule has 10 heteroatoms. The van der Waals surface area contributed by atoms with Crippen LogP contribution in [0.15, 0.2) is 32.9 Å². The Labute approximate surface area is 157 Å². The number of nitrogens with one attached hydrogen (secondary N) is 1. The molecule has 0 fully saturated rings. The Hall–Kier alpha value is -3.01. The highest BCUT2D eigenvalue weighted by Crippen LogP contribution is 2.28. The summed E-state index contributed by atoms with van der Waals surface area (Å²) in [6.45, 7) is 0. The zero-order valence-corrected chi connectivity index (χ0v) is 16.0. The quantitative estimate of drug-likeness (QED) is 0.493. The number of carbonyl (C=O) groups excluding carboxylic acids is 1. The predicted octanol–water partition coefficient (Wildman–Crippen LogP) is 0.952. The second-order valence-corrected chi connectivity index (χ2v) is 6.69. The minimum absolute atomic E-state index is 0.101. The van der Waals surface area contributed by atoms with Gasteiger partial charge < -0.3 is 14.5 Å². The fourth-order valence-corrected chi connectivity index (χ4v) is 3.36. The normalized spacial score (nSPS) is 11.0. The van der Waals surface area contributed by atoms with Crippen molar-refractivity contribution in [2.24, 2.45) is 14.1 Å². The number of carbonyl (C=O) groups is 1. The van der Waals surface area contributed by atoms with Crippen molar-refractivity contribution < 1.29 is 14.3 Å². The average molecular weight is 390 g/mol. The molecule has 9 nitrogen and oxygen atoms in total. The van der Waals surface area contributed by atoms with Crippen LogP contribution in [0, 0.1) is 0 Å². The van der Waals surface area contributed by atoms with Gasteiger partial charge >= 0.3 is 5.69 Å². The van der Waals surface area contributed by atoms with Crippen LogP contribution >= 0.6 is 11.8 Å². The Morgan fingerprint density at radius 3 is 2.52 bits per heavy atom. The molecular weight excluding hydrogens is 372 g/mol. The van der Waals surface area contributed by atoms with Gasteiger partial charge in [0.15, 0.2) is 33.6 Å². The van der Waals surface area contributed by atoms with Gasteiger partial charge in [0.05, 0.1) is 20.0 Å². The van der Waals surface area contributed by atoms with E-state index < -0.39 is 11.2 Å². The van der Waals surface area contributed by atoms with E-state index in [2.05, 4.69) is 9.97 Å². The lowest BCUT2D eigenvalue weighted by Gasteiger charge is -2.08. The maximum atomic E-state index is 12.5. The van der Waals surface area contributed by atoms with Crippen molar-refractivity contribution >= 4 is 28.7 Å². The fourth-order valence-electron chi connectivity index (χ4n) is 2.60. The number of aromatic nitrogens is 4. The molecule has 0 amide bonds. The second kappa shape index (κ2) is 7.31. The van der Waals surface area contributed by atoms with Gasteiger partial charge in [0.25, 0.3) is 5.56 Å². The standard InChI is InChI=1S/C17H18N4O5S/c1-20-14-13(15(23)21(2)17(20)24)18-16(19-14)27-8-10(22)9-5-6-11(25-3)12(7-9)26-4/h5-7H,8H2,1-4H3,(H,18,19). The Kier molecular flexibility index (Phi) is 5.08. The summed E-state index contributed by atoms with van der Waals surface area (Å²) in [7, 11) is 5.96. The van der Waals surface area contributed by atoms with Gasteiger partial charge in [-0.1, -0.05) is 11.8 Å². The maximum absolute atomic E-state index is 12.5. The third-order valence-corrected chi connectivity index (χ3v) is 4.99.